The Labute approximate surface area is 188 Å². The number of carbonyl (C=O) groups excluding carboxylic acids is 2. The number of aromatic nitrogens is 1. The third-order valence-electron chi connectivity index (χ3n) is 6.26. The minimum absolute atomic E-state index is 0.0772. The van der Waals surface area contributed by atoms with Gasteiger partial charge in [0, 0.05) is 49.7 Å². The second-order valence-electron chi connectivity index (χ2n) is 8.40. The molecule has 0 aliphatic carbocycles. The Morgan fingerprint density at radius 2 is 1.70 bits per heavy atom. The number of hydrogen-bond acceptors (Lipinski definition) is 3. The summed E-state index contributed by atoms with van der Waals surface area (Å²) in [5.74, 6) is -1.67. The molecule has 1 saturated heterocycles. The molecule has 3 aromatic rings. The molecule has 2 amide bonds. The molecule has 1 unspecified atom stereocenters. The van der Waals surface area contributed by atoms with Crippen LogP contribution in [-0.4, -0.2) is 34.4 Å². The highest BCUT2D eigenvalue weighted by Gasteiger charge is 2.38. The van der Waals surface area contributed by atoms with E-state index in [-0.39, 0.29) is 36.2 Å². The number of halogens is 2. The van der Waals surface area contributed by atoms with Crippen LogP contribution in [0.15, 0.2) is 65.6 Å². The number of carbonyl (C=O) groups is 2. The molecule has 1 fully saturated rings. The van der Waals surface area contributed by atoms with E-state index in [4.69, 9.17) is 0 Å². The Kier molecular flexibility index (Phi) is 5.28. The van der Waals surface area contributed by atoms with Crippen molar-refractivity contribution in [2.45, 2.75) is 19.4 Å². The average molecular weight is 449 g/mol. The zero-order chi connectivity index (χ0) is 23.1. The molecule has 6 nitrogen and oxygen atoms in total. The molecular formula is C25H21F2N3O3. The van der Waals surface area contributed by atoms with E-state index in [1.165, 1.54) is 51.9 Å². The Morgan fingerprint density at radius 3 is 2.45 bits per heavy atom. The molecule has 5 rings (SSSR count). The first kappa shape index (κ1) is 21.1. The standard InChI is InChI=1S/C25H21F2N3O3/c26-19-4-6-21(7-5-19)29-15-18-13-28(9-8-16(18)10-23(29)31)25(33)17-11-24(32)30(14-17)22-3-1-2-20(27)12-22/h1-7,10,12,15,17H,8-9,11,13-14H2. The molecule has 0 spiro atoms. The highest BCUT2D eigenvalue weighted by atomic mass is 19.1. The lowest BCUT2D eigenvalue weighted by atomic mass is 9.99. The van der Waals surface area contributed by atoms with Crippen LogP contribution in [0.5, 0.6) is 0 Å². The number of anilines is 1. The lowest BCUT2D eigenvalue weighted by molar-refractivity contribution is -0.136. The van der Waals surface area contributed by atoms with Crippen LogP contribution in [0, 0.1) is 17.6 Å². The lowest BCUT2D eigenvalue weighted by Crippen LogP contribution is -2.41. The number of hydrogen-bond donors (Lipinski definition) is 0. The maximum Gasteiger partial charge on any atom is 0.255 e. The van der Waals surface area contributed by atoms with E-state index >= 15 is 0 Å². The molecule has 0 bridgehead atoms. The molecule has 1 atom stereocenters. The summed E-state index contributed by atoms with van der Waals surface area (Å²) in [5.41, 5.74) is 2.49. The zero-order valence-electron chi connectivity index (χ0n) is 17.7. The van der Waals surface area contributed by atoms with Gasteiger partial charge in [-0.15, -0.1) is 0 Å². The fourth-order valence-electron chi connectivity index (χ4n) is 4.55. The monoisotopic (exact) mass is 449 g/mol. The van der Waals surface area contributed by atoms with E-state index in [1.54, 1.807) is 23.2 Å². The van der Waals surface area contributed by atoms with Crippen LogP contribution in [0.1, 0.15) is 17.5 Å². The lowest BCUT2D eigenvalue weighted by Gasteiger charge is -2.31. The number of amides is 2. The van der Waals surface area contributed by atoms with Gasteiger partial charge in [0.1, 0.15) is 11.6 Å². The average Bonchev–Trinajstić information content (AvgIpc) is 3.20. The first-order valence-corrected chi connectivity index (χ1v) is 10.7. The van der Waals surface area contributed by atoms with Gasteiger partial charge in [-0.2, -0.15) is 0 Å². The summed E-state index contributed by atoms with van der Waals surface area (Å²) in [7, 11) is 0. The number of benzene rings is 2. The van der Waals surface area contributed by atoms with Crippen LogP contribution in [0.2, 0.25) is 0 Å². The van der Waals surface area contributed by atoms with Crippen molar-refractivity contribution in [1.82, 2.24) is 9.47 Å². The summed E-state index contributed by atoms with van der Waals surface area (Å²) in [4.78, 5) is 41.4. The van der Waals surface area contributed by atoms with Crippen molar-refractivity contribution < 1.29 is 18.4 Å². The molecule has 2 aliphatic rings. The summed E-state index contributed by atoms with van der Waals surface area (Å²) >= 11 is 0. The van der Waals surface area contributed by atoms with Gasteiger partial charge in [0.15, 0.2) is 0 Å². The summed E-state index contributed by atoms with van der Waals surface area (Å²) in [6, 6.07) is 13.0. The van der Waals surface area contributed by atoms with Crippen molar-refractivity contribution in [3.05, 3.63) is 93.9 Å². The quantitative estimate of drug-likeness (QED) is 0.618. The van der Waals surface area contributed by atoms with Gasteiger partial charge in [-0.05, 0) is 60.0 Å². The van der Waals surface area contributed by atoms with Gasteiger partial charge in [-0.3, -0.25) is 19.0 Å². The Morgan fingerprint density at radius 1 is 0.909 bits per heavy atom. The number of rotatable bonds is 3. The predicted octanol–water partition coefficient (Wildman–Crippen LogP) is 3.05. The third-order valence-corrected chi connectivity index (χ3v) is 6.26. The van der Waals surface area contributed by atoms with Crippen LogP contribution < -0.4 is 10.5 Å². The fourth-order valence-corrected chi connectivity index (χ4v) is 4.55. The summed E-state index contributed by atoms with van der Waals surface area (Å²) in [5, 5.41) is 0. The van der Waals surface area contributed by atoms with Gasteiger partial charge in [0.05, 0.1) is 5.92 Å². The minimum Gasteiger partial charge on any atom is -0.338 e. The SMILES string of the molecule is O=C(C1CC(=O)N(c2cccc(F)c2)C1)N1CCc2cc(=O)n(-c3ccc(F)cc3)cc2C1. The fraction of sp³-hybridized carbons (Fsp3) is 0.240. The van der Waals surface area contributed by atoms with E-state index < -0.39 is 11.7 Å². The second-order valence-corrected chi connectivity index (χ2v) is 8.40. The molecule has 0 saturated carbocycles. The van der Waals surface area contributed by atoms with Crippen LogP contribution in [0.4, 0.5) is 14.5 Å². The minimum atomic E-state index is -0.509. The van der Waals surface area contributed by atoms with E-state index in [0.717, 1.165) is 11.1 Å². The van der Waals surface area contributed by atoms with Crippen LogP contribution in [-0.2, 0) is 22.6 Å². The maximum absolute atomic E-state index is 13.6. The maximum atomic E-state index is 13.6. The molecule has 0 radical (unpaired) electrons. The molecule has 168 valence electrons. The smallest absolute Gasteiger partial charge is 0.255 e. The van der Waals surface area contributed by atoms with Crippen LogP contribution >= 0.6 is 0 Å². The topological polar surface area (TPSA) is 62.6 Å². The van der Waals surface area contributed by atoms with E-state index in [1.807, 2.05) is 0 Å². The van der Waals surface area contributed by atoms with Gasteiger partial charge in [0.2, 0.25) is 11.8 Å². The Balaban J connectivity index is 1.35. The van der Waals surface area contributed by atoms with E-state index in [9.17, 15) is 23.2 Å². The summed E-state index contributed by atoms with van der Waals surface area (Å²) in [6.45, 7) is 0.982. The molecule has 1 aromatic heterocycles. The zero-order valence-corrected chi connectivity index (χ0v) is 17.7. The van der Waals surface area contributed by atoms with Crippen LogP contribution in [0.3, 0.4) is 0 Å². The molecule has 2 aliphatic heterocycles. The van der Waals surface area contributed by atoms with Gasteiger partial charge in [0.25, 0.3) is 5.56 Å². The highest BCUT2D eigenvalue weighted by molar-refractivity contribution is 6.00. The van der Waals surface area contributed by atoms with Crippen molar-refractivity contribution in [3.63, 3.8) is 0 Å². The highest BCUT2D eigenvalue weighted by Crippen LogP contribution is 2.28. The van der Waals surface area contributed by atoms with Crippen molar-refractivity contribution in [2.75, 3.05) is 18.0 Å². The number of nitrogens with zero attached hydrogens (tertiary/aromatic N) is 3. The normalized spacial score (nSPS) is 17.9. The Bertz CT molecular complexity index is 1300. The molecule has 3 heterocycles. The second kappa shape index (κ2) is 8.27. The summed E-state index contributed by atoms with van der Waals surface area (Å²) in [6.07, 6.45) is 2.31. The van der Waals surface area contributed by atoms with E-state index in [2.05, 4.69) is 0 Å². The summed E-state index contributed by atoms with van der Waals surface area (Å²) < 4.78 is 28.3. The molecular weight excluding hydrogens is 428 g/mol. The number of pyridine rings is 1. The predicted molar refractivity (Wildman–Crippen MR) is 118 cm³/mol. The van der Waals surface area contributed by atoms with Gasteiger partial charge in [-0.25, -0.2) is 8.78 Å². The van der Waals surface area contributed by atoms with Crippen molar-refractivity contribution in [1.29, 1.82) is 0 Å². The van der Waals surface area contributed by atoms with Crippen molar-refractivity contribution in [3.8, 4) is 5.69 Å². The van der Waals surface area contributed by atoms with Gasteiger partial charge in [-0.1, -0.05) is 6.07 Å². The Hall–Kier alpha value is -3.81. The van der Waals surface area contributed by atoms with Gasteiger partial charge < -0.3 is 9.80 Å². The molecule has 0 N–H and O–H groups in total. The van der Waals surface area contributed by atoms with Crippen LogP contribution in [0.25, 0.3) is 5.69 Å². The van der Waals surface area contributed by atoms with Crippen molar-refractivity contribution >= 4 is 17.5 Å². The largest absolute Gasteiger partial charge is 0.338 e. The molecule has 8 heteroatoms. The first-order valence-electron chi connectivity index (χ1n) is 10.7. The third kappa shape index (κ3) is 4.04. The molecule has 2 aromatic carbocycles. The first-order chi connectivity index (χ1) is 15.9. The van der Waals surface area contributed by atoms with Gasteiger partial charge >= 0.3 is 0 Å². The number of fused-ring (bicyclic) bond motifs is 1. The molecule has 33 heavy (non-hydrogen) atoms. The van der Waals surface area contributed by atoms with E-state index in [0.29, 0.717) is 30.9 Å². The van der Waals surface area contributed by atoms with Crippen molar-refractivity contribution in [2.24, 2.45) is 5.92 Å².